The normalized spacial score (nSPS) is 10.1. The SMILES string of the molecule is Cc1occc1C(=O)Nc1ccc([N+](=O)[O-])cc1[N+](=O)[O-]. The molecule has 1 aromatic heterocycles. The highest BCUT2D eigenvalue weighted by Gasteiger charge is 2.22. The van der Waals surface area contributed by atoms with Crippen molar-refractivity contribution >= 4 is 23.0 Å². The Hall–Kier alpha value is -3.23. The number of anilines is 1. The van der Waals surface area contributed by atoms with E-state index in [0.717, 1.165) is 18.2 Å². The minimum absolute atomic E-state index is 0.129. The molecule has 0 saturated carbocycles. The quantitative estimate of drug-likeness (QED) is 0.681. The van der Waals surface area contributed by atoms with Crippen molar-refractivity contribution in [2.45, 2.75) is 6.92 Å². The minimum atomic E-state index is -0.801. The molecule has 1 N–H and O–H groups in total. The van der Waals surface area contributed by atoms with Gasteiger partial charge in [-0.25, -0.2) is 0 Å². The van der Waals surface area contributed by atoms with Crippen molar-refractivity contribution in [3.8, 4) is 0 Å². The third-order valence-corrected chi connectivity index (χ3v) is 2.74. The number of nitro groups is 2. The van der Waals surface area contributed by atoms with Crippen LogP contribution < -0.4 is 5.32 Å². The van der Waals surface area contributed by atoms with Crippen molar-refractivity contribution in [2.24, 2.45) is 0 Å². The molecule has 9 nitrogen and oxygen atoms in total. The number of carbonyl (C=O) groups excluding carboxylic acids is 1. The zero-order valence-corrected chi connectivity index (χ0v) is 10.7. The van der Waals surface area contributed by atoms with Gasteiger partial charge < -0.3 is 9.73 Å². The summed E-state index contributed by atoms with van der Waals surface area (Å²) in [7, 11) is 0. The van der Waals surface area contributed by atoms with Crippen LogP contribution in [0.1, 0.15) is 16.1 Å². The number of hydrogen-bond acceptors (Lipinski definition) is 6. The van der Waals surface area contributed by atoms with Gasteiger partial charge in [-0.2, -0.15) is 0 Å². The first kappa shape index (κ1) is 14.2. The summed E-state index contributed by atoms with van der Waals surface area (Å²) in [5.74, 6) is -0.240. The molecule has 0 spiro atoms. The minimum Gasteiger partial charge on any atom is -0.469 e. The molecule has 2 aromatic rings. The van der Waals surface area contributed by atoms with Gasteiger partial charge in [0.25, 0.3) is 17.3 Å². The van der Waals surface area contributed by atoms with E-state index in [2.05, 4.69) is 5.32 Å². The number of furan rings is 1. The van der Waals surface area contributed by atoms with Crippen molar-refractivity contribution in [1.29, 1.82) is 0 Å². The average molecular weight is 291 g/mol. The van der Waals surface area contributed by atoms with Crippen LogP contribution in [0.15, 0.2) is 34.9 Å². The second kappa shape index (κ2) is 5.41. The number of amides is 1. The van der Waals surface area contributed by atoms with Gasteiger partial charge in [0.2, 0.25) is 0 Å². The lowest BCUT2D eigenvalue weighted by Gasteiger charge is -2.05. The van der Waals surface area contributed by atoms with Gasteiger partial charge in [-0.3, -0.25) is 25.0 Å². The van der Waals surface area contributed by atoms with Crippen LogP contribution in [0.25, 0.3) is 0 Å². The number of carbonyl (C=O) groups is 1. The summed E-state index contributed by atoms with van der Waals surface area (Å²) in [6.07, 6.45) is 1.31. The van der Waals surface area contributed by atoms with Crippen LogP contribution in [-0.4, -0.2) is 15.8 Å². The summed E-state index contributed by atoms with van der Waals surface area (Å²) >= 11 is 0. The Kier molecular flexibility index (Phi) is 3.65. The lowest BCUT2D eigenvalue weighted by molar-refractivity contribution is -0.393. The summed E-state index contributed by atoms with van der Waals surface area (Å²) in [6, 6.07) is 4.40. The number of benzene rings is 1. The van der Waals surface area contributed by atoms with Crippen LogP contribution in [0.5, 0.6) is 0 Å². The van der Waals surface area contributed by atoms with E-state index in [9.17, 15) is 25.0 Å². The van der Waals surface area contributed by atoms with Gasteiger partial charge in [0.15, 0.2) is 0 Å². The summed E-state index contributed by atoms with van der Waals surface area (Å²) in [5, 5.41) is 23.9. The Morgan fingerprint density at radius 1 is 1.19 bits per heavy atom. The van der Waals surface area contributed by atoms with E-state index in [1.807, 2.05) is 0 Å². The maximum Gasteiger partial charge on any atom is 0.299 e. The van der Waals surface area contributed by atoms with Gasteiger partial charge >= 0.3 is 0 Å². The summed E-state index contributed by atoms with van der Waals surface area (Å²) in [5.41, 5.74) is -0.892. The summed E-state index contributed by atoms with van der Waals surface area (Å²) in [6.45, 7) is 1.57. The third-order valence-electron chi connectivity index (χ3n) is 2.74. The Bertz CT molecular complexity index is 736. The molecule has 0 unspecified atom stereocenters. The summed E-state index contributed by atoms with van der Waals surface area (Å²) < 4.78 is 4.97. The molecule has 0 bridgehead atoms. The van der Waals surface area contributed by atoms with Gasteiger partial charge in [0.05, 0.1) is 27.7 Å². The highest BCUT2D eigenvalue weighted by atomic mass is 16.6. The molecule has 9 heteroatoms. The van der Waals surface area contributed by atoms with E-state index in [0.29, 0.717) is 5.76 Å². The van der Waals surface area contributed by atoms with Gasteiger partial charge in [0.1, 0.15) is 11.4 Å². The van der Waals surface area contributed by atoms with E-state index in [1.165, 1.54) is 12.3 Å². The lowest BCUT2D eigenvalue weighted by atomic mass is 10.2. The predicted octanol–water partition coefficient (Wildman–Crippen LogP) is 2.66. The van der Waals surface area contributed by atoms with E-state index in [4.69, 9.17) is 4.42 Å². The molecular formula is C12H9N3O6. The molecule has 1 amide bonds. The molecular weight excluding hydrogens is 282 g/mol. The molecule has 0 saturated heterocycles. The van der Waals surface area contributed by atoms with E-state index in [1.54, 1.807) is 6.92 Å². The number of non-ortho nitro benzene ring substituents is 1. The van der Waals surface area contributed by atoms with Crippen molar-refractivity contribution in [3.63, 3.8) is 0 Å². The lowest BCUT2D eigenvalue weighted by Crippen LogP contribution is -2.13. The number of hydrogen-bond donors (Lipinski definition) is 1. The summed E-state index contributed by atoms with van der Waals surface area (Å²) in [4.78, 5) is 32.0. The molecule has 0 aliphatic carbocycles. The molecule has 0 atom stereocenters. The first-order chi connectivity index (χ1) is 9.90. The Morgan fingerprint density at radius 3 is 2.43 bits per heavy atom. The molecule has 1 aromatic carbocycles. The third kappa shape index (κ3) is 2.86. The molecule has 0 aliphatic rings. The Balaban J connectivity index is 2.36. The van der Waals surface area contributed by atoms with Crippen LogP contribution >= 0.6 is 0 Å². The second-order valence-electron chi connectivity index (χ2n) is 4.06. The standard InChI is InChI=1S/C12H9N3O6/c1-7-9(4-5-21-7)12(16)13-10-3-2-8(14(17)18)6-11(10)15(19)20/h2-6H,1H3,(H,13,16). The molecule has 21 heavy (non-hydrogen) atoms. The highest BCUT2D eigenvalue weighted by molar-refractivity contribution is 6.06. The van der Waals surface area contributed by atoms with Crippen molar-refractivity contribution in [1.82, 2.24) is 0 Å². The zero-order valence-electron chi connectivity index (χ0n) is 10.7. The van der Waals surface area contributed by atoms with Gasteiger partial charge in [0, 0.05) is 6.07 Å². The number of nitrogens with zero attached hydrogens (tertiary/aromatic N) is 2. The smallest absolute Gasteiger partial charge is 0.299 e. The van der Waals surface area contributed by atoms with Crippen molar-refractivity contribution in [2.75, 3.05) is 5.32 Å². The molecule has 2 rings (SSSR count). The number of nitrogens with one attached hydrogen (secondary N) is 1. The van der Waals surface area contributed by atoms with Gasteiger partial charge in [-0.05, 0) is 19.1 Å². The zero-order chi connectivity index (χ0) is 15.6. The molecule has 1 heterocycles. The maximum absolute atomic E-state index is 12.0. The van der Waals surface area contributed by atoms with Gasteiger partial charge in [-0.1, -0.05) is 0 Å². The first-order valence-corrected chi connectivity index (χ1v) is 5.68. The monoisotopic (exact) mass is 291 g/mol. The van der Waals surface area contributed by atoms with E-state index >= 15 is 0 Å². The molecule has 0 fully saturated rings. The van der Waals surface area contributed by atoms with Gasteiger partial charge in [-0.15, -0.1) is 0 Å². The van der Waals surface area contributed by atoms with Crippen molar-refractivity contribution < 1.29 is 19.1 Å². The van der Waals surface area contributed by atoms with Crippen molar-refractivity contribution in [3.05, 3.63) is 62.1 Å². The maximum atomic E-state index is 12.0. The van der Waals surface area contributed by atoms with Crippen LogP contribution in [0.3, 0.4) is 0 Å². The Morgan fingerprint density at radius 2 is 1.90 bits per heavy atom. The average Bonchev–Trinajstić information content (AvgIpc) is 2.85. The second-order valence-corrected chi connectivity index (χ2v) is 4.06. The van der Waals surface area contributed by atoms with E-state index in [-0.39, 0.29) is 11.3 Å². The molecule has 0 aliphatic heterocycles. The molecule has 0 radical (unpaired) electrons. The fourth-order valence-corrected chi connectivity index (χ4v) is 1.70. The van der Waals surface area contributed by atoms with Crippen LogP contribution in [0.4, 0.5) is 17.1 Å². The van der Waals surface area contributed by atoms with E-state index < -0.39 is 27.1 Å². The fourth-order valence-electron chi connectivity index (χ4n) is 1.70. The van der Waals surface area contributed by atoms with Crippen LogP contribution in [-0.2, 0) is 0 Å². The van der Waals surface area contributed by atoms with Crippen LogP contribution in [0, 0.1) is 27.2 Å². The fraction of sp³-hybridized carbons (Fsp3) is 0.0833. The topological polar surface area (TPSA) is 129 Å². The highest BCUT2D eigenvalue weighted by Crippen LogP contribution is 2.29. The van der Waals surface area contributed by atoms with Crippen LogP contribution in [0.2, 0.25) is 0 Å². The number of rotatable bonds is 4. The number of nitro benzene ring substituents is 2. The predicted molar refractivity (Wildman–Crippen MR) is 71.1 cm³/mol. The number of aryl methyl sites for hydroxylation is 1. The first-order valence-electron chi connectivity index (χ1n) is 5.68. The largest absolute Gasteiger partial charge is 0.469 e. The molecule has 108 valence electrons. The Labute approximate surface area is 117 Å².